The summed E-state index contributed by atoms with van der Waals surface area (Å²) >= 11 is 0. The number of benzene rings is 1. The van der Waals surface area contributed by atoms with E-state index >= 15 is 0 Å². The maximum Gasteiger partial charge on any atom is 0.356 e. The Morgan fingerprint density at radius 2 is 1.96 bits per heavy atom. The number of nitrogens with one attached hydrogen (secondary N) is 1. The largest absolute Gasteiger partial charge is 0.461 e. The summed E-state index contributed by atoms with van der Waals surface area (Å²) in [6.07, 6.45) is 1.67. The molecule has 0 spiro atoms. The standard InChI is InChI=1S/C18H17N3O3/c1-3-23-18(22)17-12(2)16(20-21-17)13-7-9-14(10-8-13)24-15-6-4-5-11-19-15/h4-11H,3H2,1-2H3,(H,20,21). The van der Waals surface area contributed by atoms with Gasteiger partial charge in [0, 0.05) is 23.4 Å². The highest BCUT2D eigenvalue weighted by Crippen LogP contribution is 2.27. The van der Waals surface area contributed by atoms with E-state index in [0.29, 0.717) is 29.6 Å². The molecule has 6 heteroatoms. The van der Waals surface area contributed by atoms with E-state index in [4.69, 9.17) is 9.47 Å². The number of aromatic amines is 1. The van der Waals surface area contributed by atoms with Crippen LogP contribution >= 0.6 is 0 Å². The van der Waals surface area contributed by atoms with Gasteiger partial charge in [-0.3, -0.25) is 5.10 Å². The van der Waals surface area contributed by atoms with Crippen molar-refractivity contribution in [3.63, 3.8) is 0 Å². The molecule has 0 amide bonds. The Morgan fingerprint density at radius 3 is 2.62 bits per heavy atom. The van der Waals surface area contributed by atoms with Gasteiger partial charge in [-0.25, -0.2) is 9.78 Å². The number of hydrogen-bond acceptors (Lipinski definition) is 5. The molecule has 0 fully saturated rings. The van der Waals surface area contributed by atoms with Gasteiger partial charge >= 0.3 is 5.97 Å². The molecule has 2 aromatic heterocycles. The fourth-order valence-corrected chi connectivity index (χ4v) is 2.29. The Kier molecular flexibility index (Phi) is 4.56. The highest BCUT2D eigenvalue weighted by atomic mass is 16.5. The van der Waals surface area contributed by atoms with Gasteiger partial charge in [-0.1, -0.05) is 6.07 Å². The Bertz CT molecular complexity index is 826. The topological polar surface area (TPSA) is 77.1 Å². The van der Waals surface area contributed by atoms with E-state index in [0.717, 1.165) is 11.1 Å². The number of esters is 1. The van der Waals surface area contributed by atoms with Gasteiger partial charge < -0.3 is 9.47 Å². The van der Waals surface area contributed by atoms with E-state index in [1.807, 2.05) is 43.3 Å². The van der Waals surface area contributed by atoms with Crippen LogP contribution in [0.5, 0.6) is 11.6 Å². The van der Waals surface area contributed by atoms with Crippen LogP contribution < -0.4 is 4.74 Å². The summed E-state index contributed by atoms with van der Waals surface area (Å²) in [5.41, 5.74) is 2.72. The number of aromatic nitrogens is 3. The maximum absolute atomic E-state index is 11.8. The van der Waals surface area contributed by atoms with Crippen LogP contribution in [0.25, 0.3) is 11.3 Å². The molecular weight excluding hydrogens is 306 g/mol. The minimum atomic E-state index is -0.399. The first-order valence-corrected chi connectivity index (χ1v) is 7.60. The Morgan fingerprint density at radius 1 is 1.17 bits per heavy atom. The van der Waals surface area contributed by atoms with Crippen LogP contribution in [-0.2, 0) is 4.74 Å². The second-order valence-corrected chi connectivity index (χ2v) is 5.09. The van der Waals surface area contributed by atoms with E-state index in [9.17, 15) is 4.79 Å². The van der Waals surface area contributed by atoms with Crippen molar-refractivity contribution in [1.82, 2.24) is 15.2 Å². The number of carbonyl (C=O) groups is 1. The lowest BCUT2D eigenvalue weighted by molar-refractivity contribution is 0.0518. The van der Waals surface area contributed by atoms with E-state index in [2.05, 4.69) is 15.2 Å². The monoisotopic (exact) mass is 323 g/mol. The summed E-state index contributed by atoms with van der Waals surface area (Å²) in [5.74, 6) is 0.811. The molecule has 0 saturated heterocycles. The fourth-order valence-electron chi connectivity index (χ4n) is 2.29. The number of nitrogens with zero attached hydrogens (tertiary/aromatic N) is 2. The zero-order valence-corrected chi connectivity index (χ0v) is 13.4. The zero-order chi connectivity index (χ0) is 16.9. The molecule has 3 aromatic rings. The number of H-pyrrole nitrogens is 1. The van der Waals surface area contributed by atoms with Crippen molar-refractivity contribution in [3.05, 3.63) is 59.9 Å². The van der Waals surface area contributed by atoms with Gasteiger partial charge in [0.15, 0.2) is 0 Å². The van der Waals surface area contributed by atoms with Crippen LogP contribution in [0.1, 0.15) is 23.0 Å². The van der Waals surface area contributed by atoms with Crippen LogP contribution in [-0.4, -0.2) is 27.8 Å². The number of hydrogen-bond donors (Lipinski definition) is 1. The first kappa shape index (κ1) is 15.7. The average Bonchev–Trinajstić information content (AvgIpc) is 2.98. The minimum absolute atomic E-state index is 0.326. The highest BCUT2D eigenvalue weighted by Gasteiger charge is 2.17. The smallest absolute Gasteiger partial charge is 0.356 e. The molecule has 24 heavy (non-hydrogen) atoms. The second kappa shape index (κ2) is 6.95. The quantitative estimate of drug-likeness (QED) is 0.724. The highest BCUT2D eigenvalue weighted by molar-refractivity contribution is 5.91. The number of carbonyl (C=O) groups excluding carboxylic acids is 1. The lowest BCUT2D eigenvalue weighted by atomic mass is 10.1. The van der Waals surface area contributed by atoms with E-state index in [1.165, 1.54) is 0 Å². The molecular formula is C18H17N3O3. The molecule has 6 nitrogen and oxygen atoms in total. The molecule has 0 aliphatic rings. The third kappa shape index (κ3) is 3.27. The van der Waals surface area contributed by atoms with Crippen molar-refractivity contribution in [2.24, 2.45) is 0 Å². The van der Waals surface area contributed by atoms with Crippen LogP contribution in [0.2, 0.25) is 0 Å². The van der Waals surface area contributed by atoms with Gasteiger partial charge in [-0.05, 0) is 44.2 Å². The molecule has 1 aromatic carbocycles. The third-order valence-corrected chi connectivity index (χ3v) is 3.48. The molecule has 0 unspecified atom stereocenters. The van der Waals surface area contributed by atoms with Crippen molar-refractivity contribution in [1.29, 1.82) is 0 Å². The molecule has 122 valence electrons. The summed E-state index contributed by atoms with van der Waals surface area (Å²) in [4.78, 5) is 16.0. The van der Waals surface area contributed by atoms with Crippen LogP contribution in [0.15, 0.2) is 48.7 Å². The van der Waals surface area contributed by atoms with Gasteiger partial charge in [0.05, 0.1) is 12.3 Å². The molecule has 0 bridgehead atoms. The van der Waals surface area contributed by atoms with Gasteiger partial charge in [0.1, 0.15) is 11.4 Å². The molecule has 2 heterocycles. The van der Waals surface area contributed by atoms with E-state index in [1.54, 1.807) is 19.2 Å². The number of pyridine rings is 1. The molecule has 0 aliphatic heterocycles. The summed E-state index contributed by atoms with van der Waals surface area (Å²) < 4.78 is 10.7. The average molecular weight is 323 g/mol. The van der Waals surface area contributed by atoms with Gasteiger partial charge in [0.25, 0.3) is 0 Å². The van der Waals surface area contributed by atoms with E-state index < -0.39 is 5.97 Å². The van der Waals surface area contributed by atoms with Crippen molar-refractivity contribution in [3.8, 4) is 22.9 Å². The van der Waals surface area contributed by atoms with Crippen LogP contribution in [0.3, 0.4) is 0 Å². The van der Waals surface area contributed by atoms with Gasteiger partial charge in [-0.15, -0.1) is 0 Å². The number of rotatable bonds is 5. The predicted octanol–water partition coefficient (Wildman–Crippen LogP) is 3.75. The fraction of sp³-hybridized carbons (Fsp3) is 0.167. The summed E-state index contributed by atoms with van der Waals surface area (Å²) in [6.45, 7) is 3.93. The third-order valence-electron chi connectivity index (χ3n) is 3.48. The predicted molar refractivity (Wildman–Crippen MR) is 89.0 cm³/mol. The second-order valence-electron chi connectivity index (χ2n) is 5.09. The lowest BCUT2D eigenvalue weighted by Crippen LogP contribution is -2.06. The van der Waals surface area contributed by atoms with Crippen molar-refractivity contribution in [2.45, 2.75) is 13.8 Å². The molecule has 1 N–H and O–H groups in total. The SMILES string of the molecule is CCOC(=O)c1[nH]nc(-c2ccc(Oc3ccccn3)cc2)c1C. The molecule has 0 radical (unpaired) electrons. The Labute approximate surface area is 139 Å². The summed E-state index contributed by atoms with van der Waals surface area (Å²) in [7, 11) is 0. The van der Waals surface area contributed by atoms with Gasteiger partial charge in [-0.2, -0.15) is 5.10 Å². The summed E-state index contributed by atoms with van der Waals surface area (Å²) in [5, 5.41) is 6.97. The number of ether oxygens (including phenoxy) is 2. The maximum atomic E-state index is 11.8. The van der Waals surface area contributed by atoms with Crippen molar-refractivity contribution < 1.29 is 14.3 Å². The normalized spacial score (nSPS) is 10.4. The Balaban J connectivity index is 1.80. The first-order valence-electron chi connectivity index (χ1n) is 7.60. The van der Waals surface area contributed by atoms with Crippen LogP contribution in [0, 0.1) is 6.92 Å². The summed E-state index contributed by atoms with van der Waals surface area (Å²) in [6, 6.07) is 12.9. The molecule has 0 aliphatic carbocycles. The molecule has 0 atom stereocenters. The molecule has 3 rings (SSSR count). The molecule has 0 saturated carbocycles. The minimum Gasteiger partial charge on any atom is -0.461 e. The van der Waals surface area contributed by atoms with Crippen molar-refractivity contribution in [2.75, 3.05) is 6.61 Å². The van der Waals surface area contributed by atoms with Gasteiger partial charge in [0.2, 0.25) is 5.88 Å². The van der Waals surface area contributed by atoms with Crippen molar-refractivity contribution >= 4 is 5.97 Å². The van der Waals surface area contributed by atoms with E-state index in [-0.39, 0.29) is 0 Å². The van der Waals surface area contributed by atoms with Crippen LogP contribution in [0.4, 0.5) is 0 Å². The zero-order valence-electron chi connectivity index (χ0n) is 13.4. The lowest BCUT2D eigenvalue weighted by Gasteiger charge is -2.05. The first-order chi connectivity index (χ1) is 11.7. The Hall–Kier alpha value is -3.15.